The second-order valence-corrected chi connectivity index (χ2v) is 6.25. The Morgan fingerprint density at radius 1 is 1.15 bits per heavy atom. The van der Waals surface area contributed by atoms with Crippen LogP contribution in [0, 0.1) is 5.82 Å². The molecule has 136 valence electrons. The Morgan fingerprint density at radius 2 is 1.92 bits per heavy atom. The second kappa shape index (κ2) is 7.95. The molecule has 0 aliphatic carbocycles. The lowest BCUT2D eigenvalue weighted by Crippen LogP contribution is -2.48. The molecule has 2 amide bonds. The van der Waals surface area contributed by atoms with Crippen LogP contribution < -0.4 is 10.2 Å². The monoisotopic (exact) mass is 356 g/mol. The summed E-state index contributed by atoms with van der Waals surface area (Å²) >= 11 is 0. The van der Waals surface area contributed by atoms with Gasteiger partial charge in [0.05, 0.1) is 18.3 Å². The maximum Gasteiger partial charge on any atom is 0.229 e. The molecule has 0 atom stereocenters. The third kappa shape index (κ3) is 4.56. The van der Waals surface area contributed by atoms with Crippen molar-refractivity contribution in [1.82, 2.24) is 9.88 Å². The van der Waals surface area contributed by atoms with Gasteiger partial charge >= 0.3 is 0 Å². The number of nitrogens with zero attached hydrogens (tertiary/aromatic N) is 3. The lowest BCUT2D eigenvalue weighted by molar-refractivity contribution is -0.129. The number of carbonyl (C=O) groups is 2. The third-order valence-corrected chi connectivity index (χ3v) is 4.36. The van der Waals surface area contributed by atoms with Gasteiger partial charge < -0.3 is 15.1 Å². The van der Waals surface area contributed by atoms with Gasteiger partial charge in [0.1, 0.15) is 11.6 Å². The van der Waals surface area contributed by atoms with Gasteiger partial charge in [-0.1, -0.05) is 12.1 Å². The van der Waals surface area contributed by atoms with E-state index in [9.17, 15) is 14.0 Å². The Bertz CT molecular complexity index is 786. The molecule has 1 aromatic carbocycles. The Labute approximate surface area is 151 Å². The molecule has 2 heterocycles. The number of hydrogen-bond acceptors (Lipinski definition) is 4. The lowest BCUT2D eigenvalue weighted by Gasteiger charge is -2.35. The van der Waals surface area contributed by atoms with Crippen LogP contribution in [0.2, 0.25) is 0 Å². The number of pyridine rings is 1. The van der Waals surface area contributed by atoms with Gasteiger partial charge in [0.2, 0.25) is 11.8 Å². The van der Waals surface area contributed by atoms with E-state index in [-0.39, 0.29) is 24.1 Å². The number of rotatable bonds is 4. The van der Waals surface area contributed by atoms with E-state index < -0.39 is 0 Å². The highest BCUT2D eigenvalue weighted by Crippen LogP contribution is 2.17. The van der Waals surface area contributed by atoms with Gasteiger partial charge in [-0.2, -0.15) is 0 Å². The highest BCUT2D eigenvalue weighted by atomic mass is 19.1. The molecule has 0 radical (unpaired) electrons. The number of aromatic nitrogens is 1. The number of benzene rings is 1. The number of amides is 2. The summed E-state index contributed by atoms with van der Waals surface area (Å²) < 4.78 is 13.2. The molecule has 0 bridgehead atoms. The summed E-state index contributed by atoms with van der Waals surface area (Å²) in [6.45, 7) is 4.49. The standard InChI is InChI=1S/C19H21FN4O2/c1-14(25)23-7-9-24(10-8-23)17-5-6-18(21-13-17)22-19(26)12-15-3-2-4-16(20)11-15/h2-6,11,13H,7-10,12H2,1H3,(H,21,22,26). The first-order chi connectivity index (χ1) is 12.5. The minimum atomic E-state index is -0.359. The molecule has 0 saturated carbocycles. The largest absolute Gasteiger partial charge is 0.367 e. The summed E-state index contributed by atoms with van der Waals surface area (Å²) in [7, 11) is 0. The minimum Gasteiger partial charge on any atom is -0.367 e. The molecule has 1 aliphatic rings. The van der Waals surface area contributed by atoms with Crippen molar-refractivity contribution in [3.05, 3.63) is 54.0 Å². The summed E-state index contributed by atoms with van der Waals surface area (Å²) in [4.78, 5) is 31.7. The Morgan fingerprint density at radius 3 is 2.54 bits per heavy atom. The molecule has 26 heavy (non-hydrogen) atoms. The number of piperazine rings is 1. The van der Waals surface area contributed by atoms with Gasteiger partial charge in [-0.05, 0) is 29.8 Å². The van der Waals surface area contributed by atoms with Crippen molar-refractivity contribution in [1.29, 1.82) is 0 Å². The average molecular weight is 356 g/mol. The molecular weight excluding hydrogens is 335 g/mol. The van der Waals surface area contributed by atoms with E-state index in [4.69, 9.17) is 0 Å². The molecule has 1 saturated heterocycles. The van der Waals surface area contributed by atoms with Gasteiger partial charge in [-0.15, -0.1) is 0 Å². The van der Waals surface area contributed by atoms with Crippen molar-refractivity contribution in [2.24, 2.45) is 0 Å². The van der Waals surface area contributed by atoms with Crippen LogP contribution in [0.5, 0.6) is 0 Å². The van der Waals surface area contributed by atoms with Crippen molar-refractivity contribution >= 4 is 23.3 Å². The van der Waals surface area contributed by atoms with Crippen LogP contribution in [0.15, 0.2) is 42.6 Å². The Hall–Kier alpha value is -2.96. The third-order valence-electron chi connectivity index (χ3n) is 4.36. The maximum atomic E-state index is 13.2. The van der Waals surface area contributed by atoms with E-state index in [1.807, 2.05) is 11.0 Å². The van der Waals surface area contributed by atoms with Crippen LogP contribution in [-0.2, 0) is 16.0 Å². The van der Waals surface area contributed by atoms with Crippen LogP contribution in [0.3, 0.4) is 0 Å². The summed E-state index contributed by atoms with van der Waals surface area (Å²) in [5.74, 6) is -0.0507. The number of anilines is 2. The van der Waals surface area contributed by atoms with Crippen LogP contribution in [0.1, 0.15) is 12.5 Å². The van der Waals surface area contributed by atoms with E-state index in [0.717, 1.165) is 18.8 Å². The number of halogens is 1. The highest BCUT2D eigenvalue weighted by molar-refractivity contribution is 5.91. The van der Waals surface area contributed by atoms with E-state index in [1.165, 1.54) is 12.1 Å². The quantitative estimate of drug-likeness (QED) is 0.911. The van der Waals surface area contributed by atoms with Gasteiger partial charge in [-0.3, -0.25) is 9.59 Å². The fraction of sp³-hybridized carbons (Fsp3) is 0.316. The van der Waals surface area contributed by atoms with Crippen molar-refractivity contribution in [2.75, 3.05) is 36.4 Å². The molecule has 7 heteroatoms. The number of carbonyl (C=O) groups excluding carboxylic acids is 2. The van der Waals surface area contributed by atoms with E-state index in [0.29, 0.717) is 24.5 Å². The minimum absolute atomic E-state index is 0.0915. The molecule has 2 aromatic rings. The molecule has 0 unspecified atom stereocenters. The molecular formula is C19H21FN4O2. The summed E-state index contributed by atoms with van der Waals surface area (Å²) in [6.07, 6.45) is 1.80. The predicted octanol–water partition coefficient (Wildman–Crippen LogP) is 2.07. The summed E-state index contributed by atoms with van der Waals surface area (Å²) in [5, 5.41) is 2.72. The zero-order valence-corrected chi connectivity index (χ0v) is 14.6. The Balaban J connectivity index is 1.54. The molecule has 6 nitrogen and oxygen atoms in total. The SMILES string of the molecule is CC(=O)N1CCN(c2ccc(NC(=O)Cc3cccc(F)c3)nc2)CC1. The predicted molar refractivity (Wildman–Crippen MR) is 97.4 cm³/mol. The highest BCUT2D eigenvalue weighted by Gasteiger charge is 2.19. The van der Waals surface area contributed by atoms with Gasteiger partial charge in [-0.25, -0.2) is 9.37 Å². The summed E-state index contributed by atoms with van der Waals surface area (Å²) in [6, 6.07) is 9.62. The average Bonchev–Trinajstić information content (AvgIpc) is 2.62. The first kappa shape index (κ1) is 17.8. The van der Waals surface area contributed by atoms with E-state index >= 15 is 0 Å². The van der Waals surface area contributed by atoms with E-state index in [1.54, 1.807) is 31.3 Å². The molecule has 1 aliphatic heterocycles. The zero-order valence-electron chi connectivity index (χ0n) is 14.6. The number of nitrogens with one attached hydrogen (secondary N) is 1. The van der Waals surface area contributed by atoms with Crippen molar-refractivity contribution in [3.8, 4) is 0 Å². The van der Waals surface area contributed by atoms with Crippen molar-refractivity contribution in [2.45, 2.75) is 13.3 Å². The van der Waals surface area contributed by atoms with Crippen LogP contribution >= 0.6 is 0 Å². The van der Waals surface area contributed by atoms with Gasteiger partial charge in [0.15, 0.2) is 0 Å². The van der Waals surface area contributed by atoms with Crippen LogP contribution in [0.4, 0.5) is 15.9 Å². The first-order valence-corrected chi connectivity index (χ1v) is 8.52. The molecule has 0 spiro atoms. The normalized spacial score (nSPS) is 14.2. The summed E-state index contributed by atoms with van der Waals surface area (Å²) in [5.41, 5.74) is 1.57. The zero-order chi connectivity index (χ0) is 18.5. The smallest absolute Gasteiger partial charge is 0.229 e. The molecule has 3 rings (SSSR count). The first-order valence-electron chi connectivity index (χ1n) is 8.52. The number of hydrogen-bond donors (Lipinski definition) is 1. The molecule has 1 N–H and O–H groups in total. The maximum absolute atomic E-state index is 13.2. The lowest BCUT2D eigenvalue weighted by atomic mass is 10.1. The molecule has 1 fully saturated rings. The van der Waals surface area contributed by atoms with Crippen LogP contribution in [-0.4, -0.2) is 47.9 Å². The van der Waals surface area contributed by atoms with Gasteiger partial charge in [0.25, 0.3) is 0 Å². The Kier molecular flexibility index (Phi) is 5.46. The van der Waals surface area contributed by atoms with E-state index in [2.05, 4.69) is 15.2 Å². The topological polar surface area (TPSA) is 65.5 Å². The van der Waals surface area contributed by atoms with Crippen LogP contribution in [0.25, 0.3) is 0 Å². The van der Waals surface area contributed by atoms with Gasteiger partial charge in [0, 0.05) is 33.1 Å². The van der Waals surface area contributed by atoms with Crippen molar-refractivity contribution < 1.29 is 14.0 Å². The molecule has 1 aromatic heterocycles. The fourth-order valence-corrected chi connectivity index (χ4v) is 2.95. The second-order valence-electron chi connectivity index (χ2n) is 6.25. The van der Waals surface area contributed by atoms with Crippen molar-refractivity contribution in [3.63, 3.8) is 0 Å². The fourth-order valence-electron chi connectivity index (χ4n) is 2.95.